The quantitative estimate of drug-likeness (QED) is 0.459. The Morgan fingerprint density at radius 1 is 0.914 bits per heavy atom. The van der Waals surface area contributed by atoms with Crippen molar-refractivity contribution in [2.24, 2.45) is 0 Å². The van der Waals surface area contributed by atoms with Crippen LogP contribution in [-0.2, 0) is 14.3 Å². The van der Waals surface area contributed by atoms with Crippen LogP contribution < -0.4 is 20.7 Å². The van der Waals surface area contributed by atoms with Crippen LogP contribution in [-0.4, -0.2) is 33.5 Å². The molecule has 0 saturated heterocycles. The van der Waals surface area contributed by atoms with Crippen molar-refractivity contribution in [3.63, 3.8) is 0 Å². The van der Waals surface area contributed by atoms with E-state index in [0.717, 1.165) is 0 Å². The van der Waals surface area contributed by atoms with Gasteiger partial charge in [0.2, 0.25) is 11.8 Å². The van der Waals surface area contributed by atoms with Gasteiger partial charge in [-0.25, -0.2) is 14.8 Å². The van der Waals surface area contributed by atoms with Crippen LogP contribution >= 0.6 is 0 Å². The average molecular weight is 478 g/mol. The maximum absolute atomic E-state index is 13.1. The molecule has 182 valence electrons. The van der Waals surface area contributed by atoms with Gasteiger partial charge in [0.05, 0.1) is 0 Å². The third-order valence-corrected chi connectivity index (χ3v) is 4.35. The number of nitrogens with one attached hydrogen (secondary N) is 3. The molecule has 1 atom stereocenters. The lowest BCUT2D eigenvalue weighted by Crippen LogP contribution is -2.40. The second-order valence-electron chi connectivity index (χ2n) is 8.53. The van der Waals surface area contributed by atoms with Crippen molar-refractivity contribution in [1.82, 2.24) is 15.3 Å². The Hall–Kier alpha value is -4.47. The van der Waals surface area contributed by atoms with E-state index in [1.165, 1.54) is 19.3 Å². The van der Waals surface area contributed by atoms with E-state index in [2.05, 4.69) is 25.9 Å². The Morgan fingerprint density at radius 2 is 1.60 bits per heavy atom. The number of aromatic nitrogens is 2. The zero-order valence-corrected chi connectivity index (χ0v) is 19.9. The zero-order chi connectivity index (χ0) is 25.4. The summed E-state index contributed by atoms with van der Waals surface area (Å²) in [7, 11) is 0. The summed E-state index contributed by atoms with van der Waals surface area (Å²) in [4.78, 5) is 44.5. The summed E-state index contributed by atoms with van der Waals surface area (Å²) < 4.78 is 11.0. The minimum absolute atomic E-state index is 0.242. The van der Waals surface area contributed by atoms with Gasteiger partial charge in [-0.3, -0.25) is 9.59 Å². The van der Waals surface area contributed by atoms with E-state index in [1.54, 1.807) is 69.3 Å². The molecule has 2 aromatic carbocycles. The van der Waals surface area contributed by atoms with E-state index in [9.17, 15) is 14.4 Å². The van der Waals surface area contributed by atoms with Crippen molar-refractivity contribution < 1.29 is 23.9 Å². The van der Waals surface area contributed by atoms with E-state index in [1.807, 2.05) is 6.07 Å². The summed E-state index contributed by atoms with van der Waals surface area (Å²) in [6.45, 7) is 6.61. The van der Waals surface area contributed by atoms with E-state index in [0.29, 0.717) is 22.8 Å². The normalized spacial score (nSPS) is 11.7. The summed E-state index contributed by atoms with van der Waals surface area (Å²) in [5.41, 5.74) is 0.398. The van der Waals surface area contributed by atoms with Crippen LogP contribution in [0.15, 0.2) is 67.0 Å². The van der Waals surface area contributed by atoms with Crippen molar-refractivity contribution in [2.75, 3.05) is 10.6 Å². The van der Waals surface area contributed by atoms with Crippen LogP contribution in [0.5, 0.6) is 11.6 Å². The highest BCUT2D eigenvalue weighted by Crippen LogP contribution is 2.24. The van der Waals surface area contributed by atoms with Gasteiger partial charge in [0, 0.05) is 18.7 Å². The van der Waals surface area contributed by atoms with Crippen LogP contribution in [0.4, 0.5) is 16.3 Å². The fraction of sp³-hybridized carbons (Fsp3) is 0.240. The summed E-state index contributed by atoms with van der Waals surface area (Å²) in [5.74, 6) is 0.320. The molecule has 0 saturated carbocycles. The van der Waals surface area contributed by atoms with Crippen molar-refractivity contribution in [1.29, 1.82) is 0 Å². The van der Waals surface area contributed by atoms with Crippen molar-refractivity contribution in [2.45, 2.75) is 39.3 Å². The molecular weight excluding hydrogens is 450 g/mol. The van der Waals surface area contributed by atoms with Crippen molar-refractivity contribution in [3.05, 3.63) is 72.6 Å². The van der Waals surface area contributed by atoms with Crippen LogP contribution in [0.3, 0.4) is 0 Å². The number of nitrogens with zero attached hydrogens (tertiary/aromatic N) is 2. The molecular formula is C25H27N5O5. The van der Waals surface area contributed by atoms with Gasteiger partial charge in [0.1, 0.15) is 29.5 Å². The first-order chi connectivity index (χ1) is 16.6. The highest BCUT2D eigenvalue weighted by molar-refractivity contribution is 5.97. The lowest BCUT2D eigenvalue weighted by molar-refractivity contribution is -0.118. The zero-order valence-electron chi connectivity index (χ0n) is 19.9. The van der Waals surface area contributed by atoms with Crippen LogP contribution in [0, 0.1) is 0 Å². The minimum Gasteiger partial charge on any atom is -0.444 e. The molecule has 10 heteroatoms. The van der Waals surface area contributed by atoms with Crippen molar-refractivity contribution >= 4 is 29.4 Å². The smallest absolute Gasteiger partial charge is 0.408 e. The molecule has 3 aromatic rings. The number of alkyl carbamates (subject to hydrolysis) is 1. The number of rotatable bonds is 7. The van der Waals surface area contributed by atoms with Crippen LogP contribution in [0.1, 0.15) is 39.3 Å². The van der Waals surface area contributed by atoms with Gasteiger partial charge < -0.3 is 25.4 Å². The average Bonchev–Trinajstić information content (AvgIpc) is 2.78. The number of carbonyl (C=O) groups excluding carboxylic acids is 3. The lowest BCUT2D eigenvalue weighted by atomic mass is 10.1. The SMILES string of the molecule is CC(=O)Nc1cc(Oc2ccc(NC(=O)[C@H](NC(=O)OC(C)(C)C)c3ccccc3)cc2)ncn1. The molecule has 10 nitrogen and oxygen atoms in total. The van der Waals surface area contributed by atoms with Gasteiger partial charge in [-0.05, 0) is 50.6 Å². The molecule has 0 radical (unpaired) electrons. The van der Waals surface area contributed by atoms with Crippen LogP contribution in [0.25, 0.3) is 0 Å². The first-order valence-electron chi connectivity index (χ1n) is 10.8. The molecule has 0 unspecified atom stereocenters. The Morgan fingerprint density at radius 3 is 2.23 bits per heavy atom. The standard InChI is InChI=1S/C25H27N5O5/c1-16(31)28-20-14-21(27-15-26-20)34-19-12-10-18(11-13-19)29-23(32)22(17-8-6-5-7-9-17)30-24(33)35-25(2,3)4/h5-15,22H,1-4H3,(H,29,32)(H,30,33)(H,26,27,28,31)/t22-/m1/s1. The maximum atomic E-state index is 13.1. The highest BCUT2D eigenvalue weighted by atomic mass is 16.6. The van der Waals surface area contributed by atoms with Gasteiger partial charge in [0.15, 0.2) is 0 Å². The molecule has 0 spiro atoms. The van der Waals surface area contributed by atoms with Gasteiger partial charge in [-0.1, -0.05) is 30.3 Å². The Labute approximate surface area is 203 Å². The summed E-state index contributed by atoms with van der Waals surface area (Å²) >= 11 is 0. The topological polar surface area (TPSA) is 132 Å². The number of amides is 3. The van der Waals surface area contributed by atoms with E-state index < -0.39 is 23.6 Å². The molecule has 1 aromatic heterocycles. The van der Waals surface area contributed by atoms with E-state index >= 15 is 0 Å². The minimum atomic E-state index is -0.963. The number of hydrogen-bond acceptors (Lipinski definition) is 7. The molecule has 0 aliphatic rings. The number of benzene rings is 2. The predicted octanol–water partition coefficient (Wildman–Crippen LogP) is 4.43. The second-order valence-corrected chi connectivity index (χ2v) is 8.53. The maximum Gasteiger partial charge on any atom is 0.408 e. The first-order valence-corrected chi connectivity index (χ1v) is 10.8. The number of carbonyl (C=O) groups is 3. The molecule has 35 heavy (non-hydrogen) atoms. The predicted molar refractivity (Wildman–Crippen MR) is 130 cm³/mol. The summed E-state index contributed by atoms with van der Waals surface area (Å²) in [6, 6.07) is 16.0. The summed E-state index contributed by atoms with van der Waals surface area (Å²) in [5, 5.41) is 7.98. The lowest BCUT2D eigenvalue weighted by Gasteiger charge is -2.23. The third-order valence-electron chi connectivity index (χ3n) is 4.35. The molecule has 0 fully saturated rings. The van der Waals surface area contributed by atoms with Gasteiger partial charge in [0.25, 0.3) is 5.91 Å². The molecule has 3 amide bonds. The van der Waals surface area contributed by atoms with E-state index in [-0.39, 0.29) is 11.8 Å². The first kappa shape index (κ1) is 25.2. The molecule has 3 rings (SSSR count). The summed E-state index contributed by atoms with van der Waals surface area (Å²) in [6.07, 6.45) is 0.574. The monoisotopic (exact) mass is 477 g/mol. The Balaban J connectivity index is 1.69. The number of anilines is 2. The Bertz CT molecular complexity index is 1180. The van der Waals surface area contributed by atoms with Gasteiger partial charge >= 0.3 is 6.09 Å². The highest BCUT2D eigenvalue weighted by Gasteiger charge is 2.26. The Kier molecular flexibility index (Phi) is 7.98. The molecule has 0 aliphatic carbocycles. The second kappa shape index (κ2) is 11.1. The van der Waals surface area contributed by atoms with E-state index in [4.69, 9.17) is 9.47 Å². The van der Waals surface area contributed by atoms with Crippen LogP contribution in [0.2, 0.25) is 0 Å². The molecule has 0 bridgehead atoms. The molecule has 3 N–H and O–H groups in total. The largest absolute Gasteiger partial charge is 0.444 e. The molecule has 1 heterocycles. The molecule has 0 aliphatic heterocycles. The number of hydrogen-bond donors (Lipinski definition) is 3. The fourth-order valence-corrected chi connectivity index (χ4v) is 2.96. The van der Waals surface area contributed by atoms with Crippen molar-refractivity contribution in [3.8, 4) is 11.6 Å². The number of ether oxygens (including phenoxy) is 2. The van der Waals surface area contributed by atoms with Gasteiger partial charge in [-0.2, -0.15) is 0 Å². The third kappa shape index (κ3) is 8.11. The fourth-order valence-electron chi connectivity index (χ4n) is 2.96. The van der Waals surface area contributed by atoms with Gasteiger partial charge in [-0.15, -0.1) is 0 Å².